The van der Waals surface area contributed by atoms with Crippen molar-refractivity contribution >= 4 is 5.78 Å². The van der Waals surface area contributed by atoms with E-state index in [2.05, 4.69) is 12.2 Å². The molecule has 2 saturated carbocycles. The van der Waals surface area contributed by atoms with Crippen LogP contribution in [0.4, 0.5) is 0 Å². The van der Waals surface area contributed by atoms with E-state index in [4.69, 9.17) is 0 Å². The van der Waals surface area contributed by atoms with Crippen molar-refractivity contribution in [3.8, 4) is 0 Å². The molecule has 70 valence electrons. The normalized spacial score (nSPS) is 47.8. The van der Waals surface area contributed by atoms with Gasteiger partial charge in [-0.1, -0.05) is 25.0 Å². The first-order chi connectivity index (χ1) is 6.36. The van der Waals surface area contributed by atoms with Gasteiger partial charge in [0.1, 0.15) is 5.78 Å². The number of rotatable bonds is 0. The molecule has 0 aromatic carbocycles. The van der Waals surface area contributed by atoms with Crippen LogP contribution in [0.15, 0.2) is 12.2 Å². The first kappa shape index (κ1) is 7.78. The van der Waals surface area contributed by atoms with Crippen molar-refractivity contribution in [1.82, 2.24) is 0 Å². The third-order valence-corrected chi connectivity index (χ3v) is 4.19. The molecule has 3 aliphatic carbocycles. The van der Waals surface area contributed by atoms with Crippen LogP contribution in [0.25, 0.3) is 0 Å². The van der Waals surface area contributed by atoms with E-state index in [-0.39, 0.29) is 0 Å². The van der Waals surface area contributed by atoms with E-state index in [1.807, 2.05) is 0 Å². The van der Waals surface area contributed by atoms with Crippen LogP contribution in [0.3, 0.4) is 0 Å². The zero-order chi connectivity index (χ0) is 8.84. The molecule has 0 N–H and O–H groups in total. The van der Waals surface area contributed by atoms with Crippen LogP contribution in [-0.2, 0) is 4.79 Å². The Morgan fingerprint density at radius 3 is 2.08 bits per heavy atom. The molecular formula is C12H16O. The predicted octanol–water partition coefficient (Wildman–Crippen LogP) is 2.57. The number of hydrogen-bond donors (Lipinski definition) is 0. The molecule has 0 saturated heterocycles. The van der Waals surface area contributed by atoms with E-state index in [9.17, 15) is 4.79 Å². The first-order valence-corrected chi connectivity index (χ1v) is 5.58. The second kappa shape index (κ2) is 2.70. The number of hydrogen-bond acceptors (Lipinski definition) is 1. The predicted molar refractivity (Wildman–Crippen MR) is 51.2 cm³/mol. The lowest BCUT2D eigenvalue weighted by Crippen LogP contribution is -2.35. The van der Waals surface area contributed by atoms with E-state index in [1.54, 1.807) is 0 Å². The number of Topliss-reactive ketones (excluding diaryl/α,β-unsaturated/α-hetero) is 1. The van der Waals surface area contributed by atoms with Gasteiger partial charge in [-0.05, 0) is 31.1 Å². The lowest BCUT2D eigenvalue weighted by molar-refractivity contribution is -0.131. The maximum Gasteiger partial charge on any atom is 0.140 e. The minimum Gasteiger partial charge on any atom is -0.299 e. The molecule has 2 fully saturated rings. The average Bonchev–Trinajstić information content (AvgIpc) is 2.51. The quantitative estimate of drug-likeness (QED) is 0.518. The fourth-order valence-corrected chi connectivity index (χ4v) is 3.49. The molecule has 13 heavy (non-hydrogen) atoms. The molecule has 4 atom stereocenters. The maximum atomic E-state index is 12.0. The van der Waals surface area contributed by atoms with Crippen LogP contribution in [0, 0.1) is 23.7 Å². The van der Waals surface area contributed by atoms with Gasteiger partial charge in [-0.2, -0.15) is 0 Å². The first-order valence-electron chi connectivity index (χ1n) is 5.58. The largest absolute Gasteiger partial charge is 0.299 e. The number of fused-ring (bicyclic) bond motifs is 6. The van der Waals surface area contributed by atoms with E-state index >= 15 is 0 Å². The smallest absolute Gasteiger partial charge is 0.140 e. The van der Waals surface area contributed by atoms with Crippen LogP contribution >= 0.6 is 0 Å². The molecule has 0 aromatic heterocycles. The van der Waals surface area contributed by atoms with Crippen LogP contribution in [0.1, 0.15) is 32.1 Å². The summed E-state index contributed by atoms with van der Waals surface area (Å²) in [6, 6.07) is 0. The van der Waals surface area contributed by atoms with Crippen LogP contribution in [-0.4, -0.2) is 5.78 Å². The number of allylic oxidation sites excluding steroid dienone is 2. The average molecular weight is 176 g/mol. The lowest BCUT2D eigenvalue weighted by atomic mass is 9.71. The monoisotopic (exact) mass is 176 g/mol. The SMILES string of the molecule is O=C1[C@H]2CCCC[C@@H]1[C@H]1C=C[C@@H]2C1. The second-order valence-corrected chi connectivity index (χ2v) is 4.85. The molecule has 0 heterocycles. The Balaban J connectivity index is 1.99. The summed E-state index contributed by atoms with van der Waals surface area (Å²) in [5, 5.41) is 0. The van der Waals surface area contributed by atoms with Gasteiger partial charge in [0.05, 0.1) is 0 Å². The molecule has 0 unspecified atom stereocenters. The van der Waals surface area contributed by atoms with E-state index in [0.717, 1.165) is 12.8 Å². The van der Waals surface area contributed by atoms with Crippen molar-refractivity contribution < 1.29 is 4.79 Å². The minimum absolute atomic E-state index is 0.405. The highest BCUT2D eigenvalue weighted by molar-refractivity contribution is 5.86. The fraction of sp³-hybridized carbons (Fsp3) is 0.750. The summed E-state index contributed by atoms with van der Waals surface area (Å²) in [6.07, 6.45) is 10.8. The standard InChI is InChI=1S/C12H16O/c13-12-10-3-1-2-4-11(12)9-6-5-8(10)7-9/h5-6,8-11H,1-4,7H2/t8-,9+,10+,11-. The van der Waals surface area contributed by atoms with Gasteiger partial charge < -0.3 is 0 Å². The highest BCUT2D eigenvalue weighted by Crippen LogP contribution is 2.47. The van der Waals surface area contributed by atoms with E-state index in [0.29, 0.717) is 29.5 Å². The Kier molecular flexibility index (Phi) is 1.61. The summed E-state index contributed by atoms with van der Waals surface area (Å²) in [6.45, 7) is 0. The molecule has 0 radical (unpaired) electrons. The Bertz CT molecular complexity index is 242. The summed E-state index contributed by atoms with van der Waals surface area (Å²) in [4.78, 5) is 12.0. The Morgan fingerprint density at radius 1 is 1.00 bits per heavy atom. The van der Waals surface area contributed by atoms with Gasteiger partial charge >= 0.3 is 0 Å². The van der Waals surface area contributed by atoms with Gasteiger partial charge in [0.25, 0.3) is 0 Å². The van der Waals surface area contributed by atoms with Crippen molar-refractivity contribution in [2.45, 2.75) is 32.1 Å². The molecule has 4 bridgehead atoms. The zero-order valence-electron chi connectivity index (χ0n) is 7.91. The summed E-state index contributed by atoms with van der Waals surface area (Å²) in [5.41, 5.74) is 0. The molecule has 0 spiro atoms. The van der Waals surface area contributed by atoms with Gasteiger partial charge in [-0.3, -0.25) is 4.79 Å². The summed E-state index contributed by atoms with van der Waals surface area (Å²) in [5.74, 6) is 2.65. The number of carbonyl (C=O) groups excluding carboxylic acids is 1. The zero-order valence-corrected chi connectivity index (χ0v) is 7.91. The Hall–Kier alpha value is -0.590. The summed E-state index contributed by atoms with van der Waals surface area (Å²) in [7, 11) is 0. The fourth-order valence-electron chi connectivity index (χ4n) is 3.49. The maximum absolute atomic E-state index is 12.0. The van der Waals surface area contributed by atoms with Crippen LogP contribution in [0.2, 0.25) is 0 Å². The Morgan fingerprint density at radius 2 is 1.54 bits per heavy atom. The van der Waals surface area contributed by atoms with Gasteiger partial charge in [0.2, 0.25) is 0 Å². The van der Waals surface area contributed by atoms with E-state index < -0.39 is 0 Å². The van der Waals surface area contributed by atoms with Gasteiger partial charge in [-0.15, -0.1) is 0 Å². The van der Waals surface area contributed by atoms with Crippen molar-refractivity contribution in [3.05, 3.63) is 12.2 Å². The molecule has 3 aliphatic rings. The summed E-state index contributed by atoms with van der Waals surface area (Å²) < 4.78 is 0. The van der Waals surface area contributed by atoms with Gasteiger partial charge in [0, 0.05) is 11.8 Å². The molecule has 0 aliphatic heterocycles. The second-order valence-electron chi connectivity index (χ2n) is 4.85. The summed E-state index contributed by atoms with van der Waals surface area (Å²) >= 11 is 0. The van der Waals surface area contributed by atoms with Gasteiger partial charge in [0.15, 0.2) is 0 Å². The van der Waals surface area contributed by atoms with Crippen molar-refractivity contribution in [3.63, 3.8) is 0 Å². The highest BCUT2D eigenvalue weighted by Gasteiger charge is 2.45. The molecule has 0 amide bonds. The van der Waals surface area contributed by atoms with Gasteiger partial charge in [-0.25, -0.2) is 0 Å². The number of ketones is 1. The lowest BCUT2D eigenvalue weighted by Gasteiger charge is -2.31. The number of carbonyl (C=O) groups is 1. The minimum atomic E-state index is 0.405. The third kappa shape index (κ3) is 1.02. The topological polar surface area (TPSA) is 17.1 Å². The molecule has 3 rings (SSSR count). The van der Waals surface area contributed by atoms with Crippen molar-refractivity contribution in [2.75, 3.05) is 0 Å². The Labute approximate surface area is 79.2 Å². The molecular weight excluding hydrogens is 160 g/mol. The van der Waals surface area contributed by atoms with E-state index in [1.165, 1.54) is 19.3 Å². The molecule has 1 heteroatoms. The third-order valence-electron chi connectivity index (χ3n) is 4.19. The molecule has 1 nitrogen and oxygen atoms in total. The van der Waals surface area contributed by atoms with Crippen molar-refractivity contribution in [1.29, 1.82) is 0 Å². The van der Waals surface area contributed by atoms with Crippen molar-refractivity contribution in [2.24, 2.45) is 23.7 Å². The van der Waals surface area contributed by atoms with Crippen LogP contribution < -0.4 is 0 Å². The molecule has 0 aromatic rings. The van der Waals surface area contributed by atoms with Crippen LogP contribution in [0.5, 0.6) is 0 Å². The highest BCUT2D eigenvalue weighted by atomic mass is 16.1.